The van der Waals surface area contributed by atoms with Gasteiger partial charge >= 0.3 is 5.97 Å². The molecule has 1 aromatic heterocycles. The Hall–Kier alpha value is -3.79. The minimum Gasteiger partial charge on any atom is -0.466 e. The second kappa shape index (κ2) is 12.8. The molecular formula is C29H36FN5O4. The quantitative estimate of drug-likeness (QED) is 0.397. The second-order valence-electron chi connectivity index (χ2n) is 9.88. The fourth-order valence-corrected chi connectivity index (χ4v) is 4.78. The average Bonchev–Trinajstić information content (AvgIpc) is 2.91. The van der Waals surface area contributed by atoms with Crippen molar-refractivity contribution in [1.29, 1.82) is 0 Å². The van der Waals surface area contributed by atoms with Gasteiger partial charge in [0.15, 0.2) is 0 Å². The topological polar surface area (TPSA) is 96.8 Å². The molecule has 0 unspecified atom stereocenters. The van der Waals surface area contributed by atoms with Gasteiger partial charge in [-0.15, -0.1) is 0 Å². The molecule has 1 amide bonds. The van der Waals surface area contributed by atoms with Gasteiger partial charge in [0.05, 0.1) is 24.1 Å². The molecule has 0 atom stereocenters. The number of halogens is 1. The molecule has 39 heavy (non-hydrogen) atoms. The van der Waals surface area contributed by atoms with E-state index < -0.39 is 17.3 Å². The monoisotopic (exact) mass is 537 g/mol. The third-order valence-electron chi connectivity index (χ3n) is 7.15. The van der Waals surface area contributed by atoms with E-state index in [1.165, 1.54) is 28.9 Å². The van der Waals surface area contributed by atoms with Crippen LogP contribution in [0.5, 0.6) is 0 Å². The van der Waals surface area contributed by atoms with Gasteiger partial charge in [0.2, 0.25) is 5.91 Å². The number of nitrogens with one attached hydrogen (secondary N) is 1. The van der Waals surface area contributed by atoms with E-state index in [9.17, 15) is 18.8 Å². The summed E-state index contributed by atoms with van der Waals surface area (Å²) in [6, 6.07) is 10.3. The van der Waals surface area contributed by atoms with Crippen LogP contribution in [-0.4, -0.2) is 65.9 Å². The Morgan fingerprint density at radius 1 is 1.03 bits per heavy atom. The summed E-state index contributed by atoms with van der Waals surface area (Å²) in [5.74, 6) is -1.28. The van der Waals surface area contributed by atoms with Gasteiger partial charge < -0.3 is 15.0 Å². The van der Waals surface area contributed by atoms with Gasteiger partial charge in [-0.25, -0.2) is 9.07 Å². The first-order valence-corrected chi connectivity index (χ1v) is 13.4. The Morgan fingerprint density at radius 3 is 2.51 bits per heavy atom. The predicted molar refractivity (Wildman–Crippen MR) is 148 cm³/mol. The second-order valence-corrected chi connectivity index (χ2v) is 9.88. The van der Waals surface area contributed by atoms with Crippen molar-refractivity contribution >= 4 is 28.3 Å². The third kappa shape index (κ3) is 7.20. The molecular weight excluding hydrogens is 501 g/mol. The van der Waals surface area contributed by atoms with Gasteiger partial charge in [-0.2, -0.15) is 5.10 Å². The van der Waals surface area contributed by atoms with Crippen LogP contribution in [0.3, 0.4) is 0 Å². The number of fused-ring (bicyclic) bond motifs is 1. The Morgan fingerprint density at radius 2 is 1.79 bits per heavy atom. The van der Waals surface area contributed by atoms with E-state index in [4.69, 9.17) is 4.74 Å². The summed E-state index contributed by atoms with van der Waals surface area (Å²) >= 11 is 0. The highest BCUT2D eigenvalue weighted by atomic mass is 19.1. The first-order valence-electron chi connectivity index (χ1n) is 13.4. The van der Waals surface area contributed by atoms with Crippen molar-refractivity contribution in [2.75, 3.05) is 44.2 Å². The number of aromatic nitrogens is 2. The molecule has 4 rings (SSSR count). The number of rotatable bonds is 10. The number of piperazine rings is 1. The Kier molecular flexibility index (Phi) is 9.29. The van der Waals surface area contributed by atoms with Crippen molar-refractivity contribution < 1.29 is 18.7 Å². The predicted octanol–water partition coefficient (Wildman–Crippen LogP) is 2.93. The number of esters is 1. The molecule has 0 bridgehead atoms. The summed E-state index contributed by atoms with van der Waals surface area (Å²) in [5.41, 5.74) is 3.59. The maximum atomic E-state index is 13.9. The van der Waals surface area contributed by atoms with Crippen molar-refractivity contribution in [3.63, 3.8) is 0 Å². The molecule has 1 fully saturated rings. The van der Waals surface area contributed by atoms with Crippen LogP contribution in [0.25, 0.3) is 10.8 Å². The van der Waals surface area contributed by atoms with Crippen LogP contribution in [0.15, 0.2) is 41.2 Å². The molecule has 1 N–H and O–H groups in total. The summed E-state index contributed by atoms with van der Waals surface area (Å²) in [7, 11) is 0. The minimum atomic E-state index is -0.571. The third-order valence-corrected chi connectivity index (χ3v) is 7.15. The number of hydrogen-bond donors (Lipinski definition) is 1. The molecule has 2 aromatic carbocycles. The van der Waals surface area contributed by atoms with Gasteiger partial charge in [0, 0.05) is 43.7 Å². The Balaban J connectivity index is 1.28. The maximum absolute atomic E-state index is 13.9. The van der Waals surface area contributed by atoms with Crippen LogP contribution in [0, 0.1) is 19.7 Å². The first-order chi connectivity index (χ1) is 18.7. The van der Waals surface area contributed by atoms with Crippen LogP contribution >= 0.6 is 0 Å². The largest absolute Gasteiger partial charge is 0.466 e. The number of carbonyl (C=O) groups is 2. The highest BCUT2D eigenvalue weighted by molar-refractivity contribution is 5.87. The van der Waals surface area contributed by atoms with Crippen molar-refractivity contribution in [1.82, 2.24) is 20.0 Å². The molecule has 208 valence electrons. The lowest BCUT2D eigenvalue weighted by molar-refractivity contribution is -0.142. The molecule has 0 spiro atoms. The van der Waals surface area contributed by atoms with Crippen LogP contribution in [0.1, 0.15) is 36.6 Å². The van der Waals surface area contributed by atoms with Gasteiger partial charge in [0.1, 0.15) is 12.5 Å². The lowest BCUT2D eigenvalue weighted by atomic mass is 10.1. The van der Waals surface area contributed by atoms with E-state index in [0.29, 0.717) is 18.2 Å². The normalized spacial score (nSPS) is 14.0. The number of aryl methyl sites for hydroxylation is 2. The van der Waals surface area contributed by atoms with E-state index in [1.54, 1.807) is 6.92 Å². The molecule has 2 heterocycles. The zero-order valence-electron chi connectivity index (χ0n) is 22.8. The van der Waals surface area contributed by atoms with Gasteiger partial charge in [-0.05, 0) is 75.2 Å². The van der Waals surface area contributed by atoms with Crippen LogP contribution in [0.4, 0.5) is 10.1 Å². The SMILES string of the molecule is CCOC(=O)Cc1nn(CNC(=O)CCCN2CCN(c3ccc(C)c(C)c3)CC2)c(=O)c2cc(F)ccc12. The smallest absolute Gasteiger partial charge is 0.311 e. The highest BCUT2D eigenvalue weighted by Gasteiger charge is 2.18. The molecule has 0 saturated carbocycles. The van der Waals surface area contributed by atoms with E-state index in [-0.39, 0.29) is 36.7 Å². The molecule has 10 heteroatoms. The number of benzene rings is 2. The molecule has 1 aliphatic heterocycles. The molecule has 0 radical (unpaired) electrons. The number of ether oxygens (including phenoxy) is 1. The number of nitrogens with zero attached hydrogens (tertiary/aromatic N) is 4. The number of amides is 1. The van der Waals surface area contributed by atoms with Crippen LogP contribution in [0.2, 0.25) is 0 Å². The standard InChI is InChI=1S/C29H36FN5O4/c1-4-39-28(37)18-26-24-10-8-22(30)17-25(24)29(38)35(32-26)19-31-27(36)6-5-11-33-12-14-34(15-13-33)23-9-7-20(2)21(3)16-23/h7-10,16-17H,4-6,11-15,18-19H2,1-3H3,(H,31,36). The molecule has 0 aliphatic carbocycles. The Labute approximate surface area is 227 Å². The number of carbonyl (C=O) groups excluding carboxylic acids is 2. The maximum Gasteiger partial charge on any atom is 0.311 e. The average molecular weight is 538 g/mol. The summed E-state index contributed by atoms with van der Waals surface area (Å²) < 4.78 is 19.9. The minimum absolute atomic E-state index is 0.0958. The van der Waals surface area contributed by atoms with Crippen LogP contribution < -0.4 is 15.8 Å². The molecule has 3 aromatic rings. The molecule has 9 nitrogen and oxygen atoms in total. The lowest BCUT2D eigenvalue weighted by Gasteiger charge is -2.36. The zero-order valence-corrected chi connectivity index (χ0v) is 22.8. The van der Waals surface area contributed by atoms with Crippen molar-refractivity contribution in [3.8, 4) is 0 Å². The van der Waals surface area contributed by atoms with E-state index >= 15 is 0 Å². The molecule has 1 aliphatic rings. The summed E-state index contributed by atoms with van der Waals surface area (Å²) in [5, 5.41) is 7.48. The van der Waals surface area contributed by atoms with Gasteiger partial charge in [-0.3, -0.25) is 19.3 Å². The van der Waals surface area contributed by atoms with Crippen molar-refractivity contribution in [2.45, 2.75) is 46.7 Å². The number of hydrogen-bond acceptors (Lipinski definition) is 7. The van der Waals surface area contributed by atoms with E-state index in [0.717, 1.165) is 43.5 Å². The van der Waals surface area contributed by atoms with Crippen LogP contribution in [-0.2, 0) is 27.4 Å². The Bertz CT molecular complexity index is 1400. The fraction of sp³-hybridized carbons (Fsp3) is 0.448. The summed E-state index contributed by atoms with van der Waals surface area (Å²) in [4.78, 5) is 42.2. The zero-order chi connectivity index (χ0) is 27.9. The highest BCUT2D eigenvalue weighted by Crippen LogP contribution is 2.20. The van der Waals surface area contributed by atoms with Crippen molar-refractivity contribution in [2.24, 2.45) is 0 Å². The van der Waals surface area contributed by atoms with Gasteiger partial charge in [-0.1, -0.05) is 6.07 Å². The summed E-state index contributed by atoms with van der Waals surface area (Å²) in [6.45, 7) is 10.6. The molecule has 1 saturated heterocycles. The van der Waals surface area contributed by atoms with Crippen molar-refractivity contribution in [3.05, 3.63) is 69.4 Å². The van der Waals surface area contributed by atoms with E-state index in [1.807, 2.05) is 0 Å². The van der Waals surface area contributed by atoms with Gasteiger partial charge in [0.25, 0.3) is 5.56 Å². The summed E-state index contributed by atoms with van der Waals surface area (Å²) in [6.07, 6.45) is 0.833. The fourth-order valence-electron chi connectivity index (χ4n) is 4.78. The first kappa shape index (κ1) is 28.2. The lowest BCUT2D eigenvalue weighted by Crippen LogP contribution is -2.46. The van der Waals surface area contributed by atoms with E-state index in [2.05, 4.69) is 52.3 Å². The number of anilines is 1.